The molecular formula is C19H18N2O5S. The molecule has 0 saturated carbocycles. The van der Waals surface area contributed by atoms with Crippen molar-refractivity contribution in [1.82, 2.24) is 4.31 Å². The summed E-state index contributed by atoms with van der Waals surface area (Å²) in [7, 11) is -0.789. The Morgan fingerprint density at radius 2 is 1.78 bits per heavy atom. The van der Waals surface area contributed by atoms with E-state index in [-0.39, 0.29) is 21.8 Å². The van der Waals surface area contributed by atoms with Gasteiger partial charge < -0.3 is 9.73 Å². The molecule has 0 aliphatic heterocycles. The highest BCUT2D eigenvalue weighted by atomic mass is 32.2. The number of rotatable bonds is 4. The van der Waals surface area contributed by atoms with Crippen molar-refractivity contribution in [3.8, 4) is 0 Å². The van der Waals surface area contributed by atoms with Crippen LogP contribution in [0.5, 0.6) is 0 Å². The molecule has 0 unspecified atom stereocenters. The summed E-state index contributed by atoms with van der Waals surface area (Å²) >= 11 is 0. The van der Waals surface area contributed by atoms with Gasteiger partial charge in [-0.05, 0) is 36.8 Å². The van der Waals surface area contributed by atoms with Crippen LogP contribution in [0.25, 0.3) is 11.0 Å². The van der Waals surface area contributed by atoms with Crippen molar-refractivity contribution < 1.29 is 17.6 Å². The van der Waals surface area contributed by atoms with Gasteiger partial charge in [0.15, 0.2) is 11.2 Å². The molecule has 2 aromatic carbocycles. The largest absolute Gasteiger partial charge is 0.451 e. The Bertz CT molecular complexity index is 1200. The average molecular weight is 386 g/mol. The van der Waals surface area contributed by atoms with Crippen LogP contribution in [0.3, 0.4) is 0 Å². The standard InChI is InChI=1S/C19H18N2O5S/c1-12-8-9-13(10-18(12)27(24,25)21(2)3)20-19(23)17-11-15(22)14-6-4-5-7-16(14)26-17/h4-11H,1-3H3,(H,20,23). The van der Waals surface area contributed by atoms with Crippen molar-refractivity contribution in [3.63, 3.8) is 0 Å². The van der Waals surface area contributed by atoms with Gasteiger partial charge in [0, 0.05) is 25.8 Å². The molecule has 0 aliphatic rings. The maximum Gasteiger partial charge on any atom is 0.291 e. The highest BCUT2D eigenvalue weighted by molar-refractivity contribution is 7.89. The Morgan fingerprint density at radius 1 is 1.07 bits per heavy atom. The van der Waals surface area contributed by atoms with Gasteiger partial charge in [-0.3, -0.25) is 9.59 Å². The molecule has 0 radical (unpaired) electrons. The minimum absolute atomic E-state index is 0.0882. The summed E-state index contributed by atoms with van der Waals surface area (Å²) in [6, 6.07) is 12.3. The van der Waals surface area contributed by atoms with E-state index in [0.29, 0.717) is 16.5 Å². The Morgan fingerprint density at radius 3 is 2.48 bits per heavy atom. The van der Waals surface area contributed by atoms with E-state index in [1.54, 1.807) is 43.3 Å². The van der Waals surface area contributed by atoms with E-state index in [1.165, 1.54) is 20.2 Å². The molecule has 7 nitrogen and oxygen atoms in total. The number of sulfonamides is 1. The topological polar surface area (TPSA) is 96.7 Å². The van der Waals surface area contributed by atoms with Gasteiger partial charge in [0.05, 0.1) is 10.3 Å². The van der Waals surface area contributed by atoms with Gasteiger partial charge in [0.1, 0.15) is 5.58 Å². The summed E-state index contributed by atoms with van der Waals surface area (Å²) in [5.41, 5.74) is 0.803. The third-order valence-electron chi connectivity index (χ3n) is 4.06. The second kappa shape index (κ2) is 6.98. The molecule has 0 bridgehead atoms. The summed E-state index contributed by atoms with van der Waals surface area (Å²) < 4.78 is 31.4. The van der Waals surface area contributed by atoms with Crippen LogP contribution in [0, 0.1) is 6.92 Å². The number of carbonyl (C=O) groups excluding carboxylic acids is 1. The first-order valence-electron chi connectivity index (χ1n) is 8.07. The fraction of sp³-hybridized carbons (Fsp3) is 0.158. The SMILES string of the molecule is Cc1ccc(NC(=O)c2cc(=O)c3ccccc3o2)cc1S(=O)(=O)N(C)C. The van der Waals surface area contributed by atoms with Crippen molar-refractivity contribution in [2.75, 3.05) is 19.4 Å². The van der Waals surface area contributed by atoms with E-state index in [4.69, 9.17) is 4.42 Å². The van der Waals surface area contributed by atoms with Crippen molar-refractivity contribution in [3.05, 3.63) is 70.1 Å². The first kappa shape index (κ1) is 18.8. The number of para-hydroxylation sites is 1. The smallest absolute Gasteiger partial charge is 0.291 e. The number of amides is 1. The number of benzene rings is 2. The van der Waals surface area contributed by atoms with Crippen molar-refractivity contribution in [2.45, 2.75) is 11.8 Å². The van der Waals surface area contributed by atoms with Crippen LogP contribution in [0.2, 0.25) is 0 Å². The van der Waals surface area contributed by atoms with E-state index in [2.05, 4.69) is 5.32 Å². The molecule has 0 aliphatic carbocycles. The molecule has 1 heterocycles. The van der Waals surface area contributed by atoms with Crippen LogP contribution in [0.1, 0.15) is 16.1 Å². The molecule has 1 aromatic heterocycles. The first-order chi connectivity index (χ1) is 12.7. The Kier molecular flexibility index (Phi) is 4.86. The molecule has 0 atom stereocenters. The van der Waals surface area contributed by atoms with E-state index < -0.39 is 15.9 Å². The number of hydrogen-bond acceptors (Lipinski definition) is 5. The molecule has 1 amide bonds. The lowest BCUT2D eigenvalue weighted by atomic mass is 10.2. The van der Waals surface area contributed by atoms with Gasteiger partial charge in [0.25, 0.3) is 5.91 Å². The molecule has 1 N–H and O–H groups in total. The minimum atomic E-state index is -3.66. The van der Waals surface area contributed by atoms with Crippen LogP contribution in [0.4, 0.5) is 5.69 Å². The van der Waals surface area contributed by atoms with E-state index in [0.717, 1.165) is 10.4 Å². The molecule has 27 heavy (non-hydrogen) atoms. The Hall–Kier alpha value is -2.97. The summed E-state index contributed by atoms with van der Waals surface area (Å²) in [6.45, 7) is 1.67. The fourth-order valence-corrected chi connectivity index (χ4v) is 3.71. The number of hydrogen-bond donors (Lipinski definition) is 1. The van der Waals surface area contributed by atoms with Crippen LogP contribution < -0.4 is 10.7 Å². The molecule has 0 fully saturated rings. The van der Waals surface area contributed by atoms with Gasteiger partial charge in [-0.1, -0.05) is 18.2 Å². The second-order valence-electron chi connectivity index (χ2n) is 6.19. The zero-order chi connectivity index (χ0) is 19.8. The van der Waals surface area contributed by atoms with Crippen LogP contribution >= 0.6 is 0 Å². The van der Waals surface area contributed by atoms with Gasteiger partial charge in [0.2, 0.25) is 10.0 Å². The number of fused-ring (bicyclic) bond motifs is 1. The highest BCUT2D eigenvalue weighted by Crippen LogP contribution is 2.23. The zero-order valence-electron chi connectivity index (χ0n) is 15.0. The third-order valence-corrected chi connectivity index (χ3v) is 6.02. The third kappa shape index (κ3) is 3.62. The average Bonchev–Trinajstić information content (AvgIpc) is 2.63. The van der Waals surface area contributed by atoms with Crippen LogP contribution in [0.15, 0.2) is 62.6 Å². The summed E-state index contributed by atoms with van der Waals surface area (Å²) in [5.74, 6) is -0.800. The number of anilines is 1. The first-order valence-corrected chi connectivity index (χ1v) is 9.51. The predicted molar refractivity (Wildman–Crippen MR) is 102 cm³/mol. The summed E-state index contributed by atoms with van der Waals surface area (Å²) in [6.07, 6.45) is 0. The van der Waals surface area contributed by atoms with Gasteiger partial charge in [-0.25, -0.2) is 12.7 Å². The molecule has 3 aromatic rings. The lowest BCUT2D eigenvalue weighted by Gasteiger charge is -2.15. The predicted octanol–water partition coefficient (Wildman–Crippen LogP) is 2.60. The van der Waals surface area contributed by atoms with Gasteiger partial charge in [-0.15, -0.1) is 0 Å². The van der Waals surface area contributed by atoms with Crippen LogP contribution in [-0.2, 0) is 10.0 Å². The second-order valence-corrected chi connectivity index (χ2v) is 8.31. The molecule has 3 rings (SSSR count). The van der Waals surface area contributed by atoms with Crippen LogP contribution in [-0.4, -0.2) is 32.7 Å². The Balaban J connectivity index is 1.97. The maximum absolute atomic E-state index is 12.5. The molecule has 140 valence electrons. The summed E-state index contributed by atoms with van der Waals surface area (Å²) in [5, 5.41) is 2.95. The monoisotopic (exact) mass is 386 g/mol. The van der Waals surface area contributed by atoms with E-state index >= 15 is 0 Å². The minimum Gasteiger partial charge on any atom is -0.451 e. The Labute approximate surface area is 156 Å². The quantitative estimate of drug-likeness (QED) is 0.743. The lowest BCUT2D eigenvalue weighted by molar-refractivity contribution is 0.0997. The highest BCUT2D eigenvalue weighted by Gasteiger charge is 2.21. The molecule has 8 heteroatoms. The summed E-state index contributed by atoms with van der Waals surface area (Å²) in [4.78, 5) is 24.7. The lowest BCUT2D eigenvalue weighted by Crippen LogP contribution is -2.23. The fourth-order valence-electron chi connectivity index (χ4n) is 2.56. The zero-order valence-corrected chi connectivity index (χ0v) is 15.8. The van der Waals surface area contributed by atoms with Gasteiger partial charge >= 0.3 is 0 Å². The molecule has 0 spiro atoms. The van der Waals surface area contributed by atoms with Crippen molar-refractivity contribution in [1.29, 1.82) is 0 Å². The van der Waals surface area contributed by atoms with Crippen molar-refractivity contribution >= 4 is 32.6 Å². The number of nitrogens with one attached hydrogen (secondary N) is 1. The normalized spacial score (nSPS) is 11.7. The number of nitrogens with zero attached hydrogens (tertiary/aromatic N) is 1. The van der Waals surface area contributed by atoms with Crippen molar-refractivity contribution in [2.24, 2.45) is 0 Å². The maximum atomic E-state index is 12.5. The molecule has 0 saturated heterocycles. The number of carbonyl (C=O) groups is 1. The van der Waals surface area contributed by atoms with Gasteiger partial charge in [-0.2, -0.15) is 0 Å². The van der Waals surface area contributed by atoms with E-state index in [9.17, 15) is 18.0 Å². The number of aryl methyl sites for hydroxylation is 1. The van der Waals surface area contributed by atoms with E-state index in [1.807, 2.05) is 0 Å². The molecular weight excluding hydrogens is 368 g/mol.